The molecule has 0 saturated carbocycles. The minimum absolute atomic E-state index is 0.115. The molecule has 2 aromatic rings. The van der Waals surface area contributed by atoms with Gasteiger partial charge in [-0.3, -0.25) is 9.69 Å². The van der Waals surface area contributed by atoms with Crippen molar-refractivity contribution in [1.29, 1.82) is 0 Å². The van der Waals surface area contributed by atoms with Crippen LogP contribution in [-0.2, 0) is 5.54 Å². The van der Waals surface area contributed by atoms with Crippen molar-refractivity contribution in [2.75, 3.05) is 25.4 Å². The van der Waals surface area contributed by atoms with Crippen LogP contribution < -0.4 is 5.32 Å². The summed E-state index contributed by atoms with van der Waals surface area (Å²) in [5.41, 5.74) is 1.48. The lowest BCUT2D eigenvalue weighted by Crippen LogP contribution is -2.42. The Morgan fingerprint density at radius 3 is 2.89 bits per heavy atom. The number of amidine groups is 1. The molecule has 4 nitrogen and oxygen atoms in total. The highest BCUT2D eigenvalue weighted by molar-refractivity contribution is 9.10. The second kappa shape index (κ2) is 8.23. The third-order valence-electron chi connectivity index (χ3n) is 5.31. The molecule has 1 amide bonds. The number of halogens is 1. The minimum atomic E-state index is -0.350. The van der Waals surface area contributed by atoms with Crippen molar-refractivity contribution < 1.29 is 4.79 Å². The number of rotatable bonds is 4. The lowest BCUT2D eigenvalue weighted by atomic mass is 9.82. The number of nitrogens with zero attached hydrogens (tertiary/aromatic N) is 2. The molecule has 1 unspecified atom stereocenters. The van der Waals surface area contributed by atoms with Crippen molar-refractivity contribution in [3.8, 4) is 0 Å². The van der Waals surface area contributed by atoms with Crippen LogP contribution in [0.2, 0.25) is 0 Å². The van der Waals surface area contributed by atoms with Gasteiger partial charge >= 0.3 is 0 Å². The molecular formula is C22H22BrN3OS. The van der Waals surface area contributed by atoms with E-state index in [1.807, 2.05) is 42.5 Å². The molecule has 0 bridgehead atoms. The molecule has 4 rings (SSSR count). The molecule has 1 N–H and O–H groups in total. The zero-order valence-electron chi connectivity index (χ0n) is 15.5. The first-order valence-electron chi connectivity index (χ1n) is 9.29. The van der Waals surface area contributed by atoms with Crippen molar-refractivity contribution in [2.24, 2.45) is 10.9 Å². The number of hydrogen-bond donors (Lipinski definition) is 1. The molecule has 0 radical (unpaired) electrons. The van der Waals surface area contributed by atoms with Gasteiger partial charge in [-0.05, 0) is 29.8 Å². The predicted molar refractivity (Wildman–Crippen MR) is 120 cm³/mol. The van der Waals surface area contributed by atoms with Gasteiger partial charge in [0.1, 0.15) is 5.54 Å². The molecule has 2 aliphatic rings. The zero-order valence-corrected chi connectivity index (χ0v) is 17.9. The second-order valence-electron chi connectivity index (χ2n) is 7.16. The first-order valence-corrected chi connectivity index (χ1v) is 11.1. The summed E-state index contributed by atoms with van der Waals surface area (Å²) in [6, 6.07) is 17.7. The van der Waals surface area contributed by atoms with Crippen LogP contribution in [0.15, 0.2) is 76.7 Å². The molecule has 2 heterocycles. The van der Waals surface area contributed by atoms with E-state index in [1.54, 1.807) is 11.8 Å². The number of carbonyl (C=O) groups is 1. The number of amides is 1. The van der Waals surface area contributed by atoms with E-state index in [1.165, 1.54) is 5.56 Å². The molecule has 0 aromatic heterocycles. The molecule has 0 spiro atoms. The summed E-state index contributed by atoms with van der Waals surface area (Å²) in [5, 5.41) is 3.73. The van der Waals surface area contributed by atoms with E-state index in [0.29, 0.717) is 16.6 Å². The fraction of sp³-hybridized carbons (Fsp3) is 0.273. The van der Waals surface area contributed by atoms with Gasteiger partial charge < -0.3 is 5.32 Å². The van der Waals surface area contributed by atoms with Crippen LogP contribution in [0.4, 0.5) is 0 Å². The van der Waals surface area contributed by atoms with Gasteiger partial charge in [0.2, 0.25) is 0 Å². The number of nitrogens with one attached hydrogen (secondary N) is 1. The minimum Gasteiger partial charge on any atom is -0.301 e. The van der Waals surface area contributed by atoms with E-state index in [9.17, 15) is 4.79 Å². The Labute approximate surface area is 178 Å². The summed E-state index contributed by atoms with van der Waals surface area (Å²) in [6.45, 7) is 6.54. The van der Waals surface area contributed by atoms with E-state index in [4.69, 9.17) is 4.99 Å². The van der Waals surface area contributed by atoms with Gasteiger partial charge in [0.15, 0.2) is 5.17 Å². The molecular weight excluding hydrogens is 434 g/mol. The molecule has 2 aromatic carbocycles. The normalized spacial score (nSPS) is 24.3. The molecule has 1 saturated heterocycles. The SMILES string of the molecule is C=CCN1C[C@H]2CSC(NC(=O)c3ccccc3)=NC2(c2cccc(Br)c2)C1. The number of carbonyl (C=O) groups excluding carboxylic acids is 1. The largest absolute Gasteiger partial charge is 0.301 e. The van der Waals surface area contributed by atoms with E-state index >= 15 is 0 Å². The Hall–Kier alpha value is -1.89. The van der Waals surface area contributed by atoms with E-state index in [2.05, 4.69) is 50.9 Å². The number of thioether (sulfide) groups is 1. The first kappa shape index (κ1) is 19.4. The van der Waals surface area contributed by atoms with Crippen LogP contribution in [0.1, 0.15) is 15.9 Å². The Balaban J connectivity index is 1.68. The van der Waals surface area contributed by atoms with Crippen LogP contribution in [0, 0.1) is 5.92 Å². The lowest BCUT2D eigenvalue weighted by Gasteiger charge is -2.36. The van der Waals surface area contributed by atoms with Gasteiger partial charge in [-0.2, -0.15) is 0 Å². The van der Waals surface area contributed by atoms with E-state index in [0.717, 1.165) is 29.9 Å². The third-order valence-corrected chi connectivity index (χ3v) is 6.84. The zero-order chi connectivity index (χ0) is 19.6. The number of fused-ring (bicyclic) bond motifs is 1. The summed E-state index contributed by atoms with van der Waals surface area (Å²) >= 11 is 5.24. The molecule has 1 fully saturated rings. The molecule has 28 heavy (non-hydrogen) atoms. The molecule has 144 valence electrons. The Morgan fingerprint density at radius 1 is 1.32 bits per heavy atom. The first-order chi connectivity index (χ1) is 13.6. The smallest absolute Gasteiger partial charge is 0.257 e. The second-order valence-corrected chi connectivity index (χ2v) is 9.09. The van der Waals surface area contributed by atoms with Crippen LogP contribution in [0.25, 0.3) is 0 Å². The van der Waals surface area contributed by atoms with Crippen LogP contribution >= 0.6 is 27.7 Å². The summed E-state index contributed by atoms with van der Waals surface area (Å²) in [4.78, 5) is 20.2. The number of aliphatic imine (C=N–C) groups is 1. The van der Waals surface area contributed by atoms with Crippen molar-refractivity contribution in [2.45, 2.75) is 5.54 Å². The summed E-state index contributed by atoms with van der Waals surface area (Å²) in [7, 11) is 0. The van der Waals surface area contributed by atoms with Crippen molar-refractivity contribution in [1.82, 2.24) is 10.2 Å². The Bertz CT molecular complexity index is 917. The van der Waals surface area contributed by atoms with Crippen molar-refractivity contribution >= 4 is 38.8 Å². The van der Waals surface area contributed by atoms with Gasteiger partial charge in [0.25, 0.3) is 5.91 Å². The monoisotopic (exact) mass is 455 g/mol. The van der Waals surface area contributed by atoms with Gasteiger partial charge in [-0.15, -0.1) is 6.58 Å². The van der Waals surface area contributed by atoms with Gasteiger partial charge in [-0.1, -0.05) is 64.1 Å². The van der Waals surface area contributed by atoms with Crippen molar-refractivity contribution in [3.63, 3.8) is 0 Å². The lowest BCUT2D eigenvalue weighted by molar-refractivity contribution is 0.0977. The van der Waals surface area contributed by atoms with Crippen LogP contribution in [0.3, 0.4) is 0 Å². The average Bonchev–Trinajstić information content (AvgIpc) is 3.07. The van der Waals surface area contributed by atoms with Gasteiger partial charge in [-0.25, -0.2) is 4.99 Å². The fourth-order valence-electron chi connectivity index (χ4n) is 4.00. The summed E-state index contributed by atoms with van der Waals surface area (Å²) in [5.74, 6) is 1.20. The van der Waals surface area contributed by atoms with E-state index in [-0.39, 0.29) is 11.4 Å². The molecule has 2 atom stereocenters. The van der Waals surface area contributed by atoms with Gasteiger partial charge in [0, 0.05) is 41.3 Å². The van der Waals surface area contributed by atoms with Crippen LogP contribution in [0.5, 0.6) is 0 Å². The molecule has 6 heteroatoms. The fourth-order valence-corrected chi connectivity index (χ4v) is 5.53. The number of hydrogen-bond acceptors (Lipinski definition) is 4. The number of likely N-dealkylation sites (tertiary alicyclic amines) is 1. The highest BCUT2D eigenvalue weighted by Gasteiger charge is 2.50. The molecule has 2 aliphatic heterocycles. The quantitative estimate of drug-likeness (QED) is 0.699. The summed E-state index contributed by atoms with van der Waals surface area (Å²) in [6.07, 6.45) is 1.95. The van der Waals surface area contributed by atoms with Crippen molar-refractivity contribution in [3.05, 3.63) is 82.9 Å². The van der Waals surface area contributed by atoms with Crippen LogP contribution in [-0.4, -0.2) is 41.4 Å². The highest BCUT2D eigenvalue weighted by Crippen LogP contribution is 2.46. The Morgan fingerprint density at radius 2 is 2.14 bits per heavy atom. The average molecular weight is 456 g/mol. The topological polar surface area (TPSA) is 44.7 Å². The third kappa shape index (κ3) is 3.81. The maximum atomic E-state index is 12.6. The maximum absolute atomic E-state index is 12.6. The summed E-state index contributed by atoms with van der Waals surface area (Å²) < 4.78 is 1.04. The highest BCUT2D eigenvalue weighted by atomic mass is 79.9. The van der Waals surface area contributed by atoms with E-state index < -0.39 is 0 Å². The maximum Gasteiger partial charge on any atom is 0.257 e. The standard InChI is InChI=1S/C22H22BrN3OS/c1-2-11-26-13-18-14-28-21(24-20(27)16-7-4-3-5-8-16)25-22(18,15-26)17-9-6-10-19(23)12-17/h2-10,12,18H,1,11,13-15H2,(H,24,25,27)/t18-,22?/m0/s1. The number of benzene rings is 2. The van der Waals surface area contributed by atoms with Gasteiger partial charge in [0.05, 0.1) is 0 Å². The Kier molecular flexibility index (Phi) is 5.71. The predicted octanol–water partition coefficient (Wildman–Crippen LogP) is 4.30. The molecule has 0 aliphatic carbocycles.